The number of thioether (sulfide) groups is 1. The average Bonchev–Trinajstić information content (AvgIpc) is 2.45. The van der Waals surface area contributed by atoms with Crippen molar-refractivity contribution in [2.75, 3.05) is 12.4 Å². The number of rotatable bonds is 5. The molecule has 4 heteroatoms. The number of hydrogen-bond acceptors (Lipinski definition) is 4. The highest BCUT2D eigenvalue weighted by molar-refractivity contribution is 7.98. The van der Waals surface area contributed by atoms with E-state index in [0.29, 0.717) is 0 Å². The molecule has 0 aliphatic rings. The number of anilines is 1. The predicted octanol–water partition coefficient (Wildman–Crippen LogP) is 3.37. The van der Waals surface area contributed by atoms with Gasteiger partial charge in [-0.1, -0.05) is 37.3 Å². The molecule has 1 heterocycles. The molecule has 0 aliphatic heterocycles. The van der Waals surface area contributed by atoms with Crippen molar-refractivity contribution in [1.82, 2.24) is 9.97 Å². The van der Waals surface area contributed by atoms with Crippen LogP contribution in [0.15, 0.2) is 41.7 Å². The second-order valence-corrected chi connectivity index (χ2v) is 4.85. The first-order chi connectivity index (χ1) is 8.85. The van der Waals surface area contributed by atoms with Gasteiger partial charge in [0.2, 0.25) is 0 Å². The first-order valence-electron chi connectivity index (χ1n) is 6.03. The molecule has 0 atom stereocenters. The molecular weight excluding hydrogens is 242 g/mol. The van der Waals surface area contributed by atoms with Crippen molar-refractivity contribution in [2.24, 2.45) is 0 Å². The first-order valence-corrected chi connectivity index (χ1v) is 7.02. The Morgan fingerprint density at radius 1 is 1.17 bits per heavy atom. The van der Waals surface area contributed by atoms with Crippen LogP contribution in [-0.2, 0) is 12.2 Å². The topological polar surface area (TPSA) is 37.8 Å². The molecule has 94 valence electrons. The molecule has 1 N–H and O–H groups in total. The summed E-state index contributed by atoms with van der Waals surface area (Å²) in [5.41, 5.74) is 2.51. The molecule has 0 amide bonds. The van der Waals surface area contributed by atoms with Crippen LogP contribution in [0.5, 0.6) is 0 Å². The molecule has 0 unspecified atom stereocenters. The maximum absolute atomic E-state index is 4.39. The second kappa shape index (κ2) is 6.40. The lowest BCUT2D eigenvalue weighted by Crippen LogP contribution is -2.01. The zero-order valence-corrected chi connectivity index (χ0v) is 11.5. The maximum Gasteiger partial charge on any atom is 0.133 e. The summed E-state index contributed by atoms with van der Waals surface area (Å²) in [4.78, 5) is 8.63. The van der Waals surface area contributed by atoms with E-state index < -0.39 is 0 Å². The van der Waals surface area contributed by atoms with Gasteiger partial charge in [-0.15, -0.1) is 11.8 Å². The van der Waals surface area contributed by atoms with Crippen LogP contribution in [0.3, 0.4) is 0 Å². The molecule has 0 fully saturated rings. The van der Waals surface area contributed by atoms with Crippen molar-refractivity contribution in [3.8, 4) is 0 Å². The molecule has 3 nitrogen and oxygen atoms in total. The van der Waals surface area contributed by atoms with E-state index in [9.17, 15) is 0 Å². The van der Waals surface area contributed by atoms with Crippen molar-refractivity contribution in [1.29, 1.82) is 0 Å². The van der Waals surface area contributed by atoms with Gasteiger partial charge in [0, 0.05) is 18.4 Å². The zero-order chi connectivity index (χ0) is 12.8. The van der Waals surface area contributed by atoms with Gasteiger partial charge in [-0.2, -0.15) is 0 Å². The number of benzene rings is 1. The van der Waals surface area contributed by atoms with E-state index in [2.05, 4.69) is 46.5 Å². The third-order valence-corrected chi connectivity index (χ3v) is 3.82. The zero-order valence-electron chi connectivity index (χ0n) is 10.7. The lowest BCUT2D eigenvalue weighted by molar-refractivity contribution is 0.946. The van der Waals surface area contributed by atoms with Crippen molar-refractivity contribution in [3.63, 3.8) is 0 Å². The van der Waals surface area contributed by atoms with Crippen molar-refractivity contribution >= 4 is 17.6 Å². The van der Waals surface area contributed by atoms with E-state index in [1.807, 2.05) is 13.1 Å². The van der Waals surface area contributed by atoms with E-state index >= 15 is 0 Å². The van der Waals surface area contributed by atoms with Gasteiger partial charge in [0.25, 0.3) is 0 Å². The molecule has 0 aliphatic carbocycles. The summed E-state index contributed by atoms with van der Waals surface area (Å²) in [7, 11) is 1.90. The number of nitrogens with one attached hydrogen (secondary N) is 1. The lowest BCUT2D eigenvalue weighted by atomic mass is 10.2. The molecule has 2 rings (SSSR count). The summed E-state index contributed by atoms with van der Waals surface area (Å²) >= 11 is 1.76. The summed E-state index contributed by atoms with van der Waals surface area (Å²) in [5.74, 6) is 1.87. The third kappa shape index (κ3) is 3.01. The Labute approximate surface area is 112 Å². The Bertz CT molecular complexity index is 500. The van der Waals surface area contributed by atoms with Crippen molar-refractivity contribution < 1.29 is 0 Å². The fourth-order valence-corrected chi connectivity index (χ4v) is 2.81. The lowest BCUT2D eigenvalue weighted by Gasteiger charge is -2.10. The van der Waals surface area contributed by atoms with E-state index in [1.54, 1.807) is 18.1 Å². The van der Waals surface area contributed by atoms with Gasteiger partial charge in [0.05, 0.1) is 0 Å². The van der Waals surface area contributed by atoms with Gasteiger partial charge in [-0.3, -0.25) is 0 Å². The highest BCUT2D eigenvalue weighted by atomic mass is 32.2. The van der Waals surface area contributed by atoms with Crippen LogP contribution in [-0.4, -0.2) is 17.0 Å². The smallest absolute Gasteiger partial charge is 0.133 e. The van der Waals surface area contributed by atoms with Crippen LogP contribution < -0.4 is 5.32 Å². The fraction of sp³-hybridized carbons (Fsp3) is 0.286. The SMILES string of the molecule is CCc1c(NC)ncnc1SCc1ccccc1. The molecule has 0 radical (unpaired) electrons. The Kier molecular flexibility index (Phi) is 4.59. The van der Waals surface area contributed by atoms with E-state index in [4.69, 9.17) is 0 Å². The van der Waals surface area contributed by atoms with E-state index in [-0.39, 0.29) is 0 Å². The normalized spacial score (nSPS) is 10.3. The third-order valence-electron chi connectivity index (χ3n) is 2.71. The number of nitrogens with zero attached hydrogens (tertiary/aromatic N) is 2. The van der Waals surface area contributed by atoms with Gasteiger partial charge in [-0.25, -0.2) is 9.97 Å². The van der Waals surface area contributed by atoms with Crippen LogP contribution in [0, 0.1) is 0 Å². The highest BCUT2D eigenvalue weighted by Crippen LogP contribution is 2.27. The van der Waals surface area contributed by atoms with Gasteiger partial charge >= 0.3 is 0 Å². The number of aromatic nitrogens is 2. The Morgan fingerprint density at radius 2 is 1.94 bits per heavy atom. The molecule has 0 spiro atoms. The largest absolute Gasteiger partial charge is 0.373 e. The summed E-state index contributed by atoms with van der Waals surface area (Å²) in [5, 5.41) is 4.19. The molecule has 2 aromatic rings. The van der Waals surface area contributed by atoms with Crippen LogP contribution >= 0.6 is 11.8 Å². The second-order valence-electron chi connectivity index (χ2n) is 3.88. The summed E-state index contributed by atoms with van der Waals surface area (Å²) in [6, 6.07) is 10.4. The first kappa shape index (κ1) is 12.9. The molecule has 0 saturated carbocycles. The molecular formula is C14H17N3S. The molecule has 1 aromatic heterocycles. The average molecular weight is 259 g/mol. The minimum absolute atomic E-state index is 0.933. The van der Waals surface area contributed by atoms with Gasteiger partial charge in [-0.05, 0) is 12.0 Å². The fourth-order valence-electron chi connectivity index (χ4n) is 1.78. The number of hydrogen-bond donors (Lipinski definition) is 1. The maximum atomic E-state index is 4.39. The van der Waals surface area contributed by atoms with E-state index in [1.165, 1.54) is 11.1 Å². The monoisotopic (exact) mass is 259 g/mol. The predicted molar refractivity (Wildman–Crippen MR) is 77.0 cm³/mol. The highest BCUT2D eigenvalue weighted by Gasteiger charge is 2.09. The molecule has 18 heavy (non-hydrogen) atoms. The van der Waals surface area contributed by atoms with Gasteiger partial charge in [0.1, 0.15) is 17.2 Å². The molecule has 0 bridgehead atoms. The Balaban J connectivity index is 2.14. The van der Waals surface area contributed by atoms with Crippen molar-refractivity contribution in [2.45, 2.75) is 24.1 Å². The summed E-state index contributed by atoms with van der Waals surface area (Å²) < 4.78 is 0. The van der Waals surface area contributed by atoms with Gasteiger partial charge < -0.3 is 5.32 Å². The minimum atomic E-state index is 0.933. The van der Waals surface area contributed by atoms with Crippen LogP contribution in [0.1, 0.15) is 18.1 Å². The van der Waals surface area contributed by atoms with Gasteiger partial charge in [0.15, 0.2) is 0 Å². The van der Waals surface area contributed by atoms with Crippen LogP contribution in [0.25, 0.3) is 0 Å². The quantitative estimate of drug-likeness (QED) is 0.660. The molecule has 0 saturated heterocycles. The van der Waals surface area contributed by atoms with Crippen LogP contribution in [0.4, 0.5) is 5.82 Å². The minimum Gasteiger partial charge on any atom is -0.373 e. The Hall–Kier alpha value is -1.55. The summed E-state index contributed by atoms with van der Waals surface area (Å²) in [6.45, 7) is 2.13. The summed E-state index contributed by atoms with van der Waals surface area (Å²) in [6.07, 6.45) is 2.56. The van der Waals surface area contributed by atoms with E-state index in [0.717, 1.165) is 23.0 Å². The standard InChI is InChI=1S/C14H17N3S/c1-3-12-13(15-2)16-10-17-14(12)18-9-11-7-5-4-6-8-11/h4-8,10H,3,9H2,1-2H3,(H,15,16,17). The van der Waals surface area contributed by atoms with Crippen LogP contribution in [0.2, 0.25) is 0 Å². The molecule has 1 aromatic carbocycles. The van der Waals surface area contributed by atoms with Crippen molar-refractivity contribution in [3.05, 3.63) is 47.8 Å². The Morgan fingerprint density at radius 3 is 2.61 bits per heavy atom.